The molecule has 0 unspecified atom stereocenters. The van der Waals surface area contributed by atoms with Crippen molar-refractivity contribution in [2.24, 2.45) is 23.2 Å². The first-order valence-corrected chi connectivity index (χ1v) is 9.80. The Kier molecular flexibility index (Phi) is 3.21. The number of likely N-dealkylation sites (tertiary alicyclic amines) is 1. The van der Waals surface area contributed by atoms with Crippen molar-refractivity contribution in [1.82, 2.24) is 10.2 Å². The van der Waals surface area contributed by atoms with E-state index in [0.29, 0.717) is 17.9 Å². The third-order valence-corrected chi connectivity index (χ3v) is 7.54. The van der Waals surface area contributed by atoms with Gasteiger partial charge in [0.2, 0.25) is 5.91 Å². The average molecular weight is 332 g/mol. The molecule has 0 bridgehead atoms. The van der Waals surface area contributed by atoms with Gasteiger partial charge in [0.05, 0.1) is 5.54 Å². The van der Waals surface area contributed by atoms with Gasteiger partial charge in [-0.25, -0.2) is 4.79 Å². The number of hydrogen-bond acceptors (Lipinski definition) is 3. The first-order valence-electron chi connectivity index (χ1n) is 9.80. The summed E-state index contributed by atoms with van der Waals surface area (Å²) in [6, 6.07) is 0. The molecule has 0 aromatic rings. The molecule has 0 atom stereocenters. The minimum absolute atomic E-state index is 0.0959. The van der Waals surface area contributed by atoms with E-state index in [1.807, 2.05) is 0 Å². The topological polar surface area (TPSA) is 58.6 Å². The first kappa shape index (κ1) is 15.0. The first-order chi connectivity index (χ1) is 11.6. The predicted octanol–water partition coefficient (Wildman–Crippen LogP) is 2.69. The molecule has 2 aliphatic heterocycles. The Hall–Kier alpha value is -1.26. The summed E-state index contributed by atoms with van der Waals surface area (Å²) >= 11 is 0. The van der Waals surface area contributed by atoms with Crippen LogP contribution in [0.4, 0.5) is 4.79 Å². The molecule has 5 rings (SSSR count). The van der Waals surface area contributed by atoms with Gasteiger partial charge in [0.1, 0.15) is 6.61 Å². The summed E-state index contributed by atoms with van der Waals surface area (Å²) in [6.07, 6.45) is 11.1. The lowest BCUT2D eigenvalue weighted by Crippen LogP contribution is -2.67. The number of amides is 2. The second kappa shape index (κ2) is 5.12. The molecule has 5 fully saturated rings. The minimum Gasteiger partial charge on any atom is -0.447 e. The lowest BCUT2D eigenvalue weighted by Gasteiger charge is -2.62. The highest BCUT2D eigenvalue weighted by Crippen LogP contribution is 2.57. The molecule has 0 radical (unpaired) electrons. The summed E-state index contributed by atoms with van der Waals surface area (Å²) in [5.41, 5.74) is 0.242. The van der Waals surface area contributed by atoms with E-state index in [4.69, 9.17) is 4.74 Å². The maximum atomic E-state index is 12.6. The van der Waals surface area contributed by atoms with Crippen LogP contribution >= 0.6 is 0 Å². The zero-order valence-corrected chi connectivity index (χ0v) is 14.4. The molecule has 1 N–H and O–H groups in total. The van der Waals surface area contributed by atoms with Crippen molar-refractivity contribution in [3.05, 3.63) is 0 Å². The molecule has 2 amide bonds. The predicted molar refractivity (Wildman–Crippen MR) is 88.3 cm³/mol. The Bertz CT molecular complexity index is 549. The molecule has 0 aromatic heterocycles. The molecule has 3 saturated carbocycles. The third kappa shape index (κ3) is 2.26. The van der Waals surface area contributed by atoms with Crippen LogP contribution < -0.4 is 5.32 Å². The summed E-state index contributed by atoms with van der Waals surface area (Å²) < 4.78 is 4.99. The Morgan fingerprint density at radius 3 is 2.38 bits per heavy atom. The van der Waals surface area contributed by atoms with Crippen LogP contribution in [0.3, 0.4) is 0 Å². The lowest BCUT2D eigenvalue weighted by molar-refractivity contribution is -0.168. The van der Waals surface area contributed by atoms with E-state index in [1.165, 1.54) is 44.9 Å². The molecule has 5 heteroatoms. The van der Waals surface area contributed by atoms with Crippen LogP contribution in [0.2, 0.25) is 0 Å². The van der Waals surface area contributed by atoms with Crippen LogP contribution in [0.5, 0.6) is 0 Å². The number of rotatable bonds is 2. The minimum atomic E-state index is -0.327. The normalized spacial score (nSPS) is 32.0. The zero-order chi connectivity index (χ0) is 16.4. The van der Waals surface area contributed by atoms with E-state index >= 15 is 0 Å². The molecular weight excluding hydrogens is 304 g/mol. The van der Waals surface area contributed by atoms with E-state index in [2.05, 4.69) is 10.2 Å². The number of hydrogen-bond donors (Lipinski definition) is 1. The van der Waals surface area contributed by atoms with Crippen LogP contribution in [0, 0.1) is 23.2 Å². The maximum absolute atomic E-state index is 12.6. The summed E-state index contributed by atoms with van der Waals surface area (Å²) in [5.74, 6) is 2.33. The molecule has 0 aromatic carbocycles. The SMILES string of the molecule is O=C1N[C@]2(CO1)C[C@H](C(=O)N1CC3(CC(C4CCCCC4)C3)C1)C2. The molecule has 5 nitrogen and oxygen atoms in total. The number of nitrogens with zero attached hydrogens (tertiary/aromatic N) is 1. The van der Waals surface area contributed by atoms with Crippen molar-refractivity contribution in [1.29, 1.82) is 0 Å². The van der Waals surface area contributed by atoms with E-state index in [-0.39, 0.29) is 17.6 Å². The lowest BCUT2D eigenvalue weighted by atomic mass is 9.53. The van der Waals surface area contributed by atoms with Crippen molar-refractivity contribution in [3.8, 4) is 0 Å². The van der Waals surface area contributed by atoms with Gasteiger partial charge in [0, 0.05) is 24.4 Å². The van der Waals surface area contributed by atoms with Gasteiger partial charge in [-0.2, -0.15) is 0 Å². The van der Waals surface area contributed by atoms with Crippen molar-refractivity contribution in [2.75, 3.05) is 19.7 Å². The van der Waals surface area contributed by atoms with Gasteiger partial charge in [-0.05, 0) is 37.5 Å². The number of alkyl carbamates (subject to hydrolysis) is 1. The molecule has 2 spiro atoms. The maximum Gasteiger partial charge on any atom is 0.407 e. The van der Waals surface area contributed by atoms with Crippen LogP contribution in [-0.4, -0.2) is 42.1 Å². The molecular formula is C19H28N2O3. The third-order valence-electron chi connectivity index (χ3n) is 7.54. The van der Waals surface area contributed by atoms with Crippen LogP contribution in [0.1, 0.15) is 57.8 Å². The number of carbonyl (C=O) groups is 2. The molecule has 5 aliphatic rings. The molecule has 2 heterocycles. The van der Waals surface area contributed by atoms with Gasteiger partial charge in [0.25, 0.3) is 0 Å². The Morgan fingerprint density at radius 2 is 1.75 bits per heavy atom. The number of ether oxygens (including phenoxy) is 1. The fourth-order valence-corrected chi connectivity index (χ4v) is 6.20. The fraction of sp³-hybridized carbons (Fsp3) is 0.895. The van der Waals surface area contributed by atoms with Gasteiger partial charge in [0.15, 0.2) is 0 Å². The van der Waals surface area contributed by atoms with Crippen molar-refractivity contribution >= 4 is 12.0 Å². The van der Waals surface area contributed by atoms with E-state index in [1.54, 1.807) is 0 Å². The van der Waals surface area contributed by atoms with E-state index in [9.17, 15) is 9.59 Å². The highest BCUT2D eigenvalue weighted by atomic mass is 16.6. The zero-order valence-electron chi connectivity index (χ0n) is 14.4. The standard InChI is InChI=1S/C19H28N2O3/c22-16(15-8-19(9-15)12-24-17(23)20-19)21-10-18(11-21)6-14(7-18)13-4-2-1-3-5-13/h13-15H,1-12H2,(H,20,23)/t15-,19+. The molecule has 3 aliphatic carbocycles. The van der Waals surface area contributed by atoms with Gasteiger partial charge in [-0.3, -0.25) is 4.79 Å². The highest BCUT2D eigenvalue weighted by molar-refractivity contribution is 5.82. The molecule has 132 valence electrons. The summed E-state index contributed by atoms with van der Waals surface area (Å²) in [5, 5.41) is 2.88. The van der Waals surface area contributed by atoms with Crippen LogP contribution in [0.15, 0.2) is 0 Å². The monoisotopic (exact) mass is 332 g/mol. The Labute approximate surface area is 143 Å². The summed E-state index contributed by atoms with van der Waals surface area (Å²) in [4.78, 5) is 25.9. The van der Waals surface area contributed by atoms with Gasteiger partial charge in [-0.15, -0.1) is 0 Å². The highest BCUT2D eigenvalue weighted by Gasteiger charge is 2.58. The largest absolute Gasteiger partial charge is 0.447 e. The molecule has 2 saturated heterocycles. The number of carbonyl (C=O) groups excluding carboxylic acids is 2. The second-order valence-electron chi connectivity index (χ2n) is 9.35. The van der Waals surface area contributed by atoms with Crippen LogP contribution in [0.25, 0.3) is 0 Å². The average Bonchev–Trinajstić information content (AvgIpc) is 2.86. The second-order valence-corrected chi connectivity index (χ2v) is 9.35. The quantitative estimate of drug-likeness (QED) is 0.846. The van der Waals surface area contributed by atoms with E-state index < -0.39 is 0 Å². The van der Waals surface area contributed by atoms with Gasteiger partial charge < -0.3 is 15.0 Å². The smallest absolute Gasteiger partial charge is 0.407 e. The van der Waals surface area contributed by atoms with Crippen molar-refractivity contribution in [2.45, 2.75) is 63.3 Å². The summed E-state index contributed by atoms with van der Waals surface area (Å²) in [6.45, 7) is 2.41. The summed E-state index contributed by atoms with van der Waals surface area (Å²) in [7, 11) is 0. The fourth-order valence-electron chi connectivity index (χ4n) is 6.20. The number of nitrogens with one attached hydrogen (secondary N) is 1. The van der Waals surface area contributed by atoms with Gasteiger partial charge >= 0.3 is 6.09 Å². The van der Waals surface area contributed by atoms with Crippen molar-refractivity contribution in [3.63, 3.8) is 0 Å². The Morgan fingerprint density at radius 1 is 1.04 bits per heavy atom. The van der Waals surface area contributed by atoms with Crippen LogP contribution in [-0.2, 0) is 9.53 Å². The molecule has 24 heavy (non-hydrogen) atoms. The van der Waals surface area contributed by atoms with E-state index in [0.717, 1.165) is 37.8 Å². The number of cyclic esters (lactones) is 1. The Balaban J connectivity index is 1.08. The van der Waals surface area contributed by atoms with Crippen molar-refractivity contribution < 1.29 is 14.3 Å². The van der Waals surface area contributed by atoms with Gasteiger partial charge in [-0.1, -0.05) is 32.1 Å².